The Balaban J connectivity index is 1.32. The van der Waals surface area contributed by atoms with Gasteiger partial charge in [0.2, 0.25) is 5.91 Å². The van der Waals surface area contributed by atoms with Gasteiger partial charge in [0, 0.05) is 45.8 Å². The standard InChI is InChI=1S/C31H39F3N4O3/c1-36(2)31(40)35-28(20-37-14-10-23(11-15-37)22-5-7-25(41-3)8-6-22)24-12-16-38(17-13-24)29(39)9-4-21-18-26(32)30(34)27(33)19-21/h4-9,18-19,23-24,28H,10-17,20H2,1-3H3,(H,35,40). The fourth-order valence-electron chi connectivity index (χ4n) is 5.67. The van der Waals surface area contributed by atoms with E-state index in [1.807, 2.05) is 12.1 Å². The molecule has 2 aliphatic heterocycles. The maximum Gasteiger partial charge on any atom is 0.317 e. The number of likely N-dealkylation sites (tertiary alicyclic amines) is 2. The summed E-state index contributed by atoms with van der Waals surface area (Å²) >= 11 is 0. The van der Waals surface area contributed by atoms with E-state index < -0.39 is 17.5 Å². The second-order valence-electron chi connectivity index (χ2n) is 11.1. The second-order valence-corrected chi connectivity index (χ2v) is 11.1. The Kier molecular flexibility index (Phi) is 10.3. The van der Waals surface area contributed by atoms with E-state index in [2.05, 4.69) is 22.3 Å². The van der Waals surface area contributed by atoms with E-state index in [4.69, 9.17) is 4.74 Å². The number of piperidine rings is 2. The van der Waals surface area contributed by atoms with Gasteiger partial charge in [-0.2, -0.15) is 0 Å². The number of methoxy groups -OCH3 is 1. The first-order chi connectivity index (χ1) is 19.6. The molecule has 2 saturated heterocycles. The van der Waals surface area contributed by atoms with Crippen molar-refractivity contribution < 1.29 is 27.5 Å². The van der Waals surface area contributed by atoms with Gasteiger partial charge in [-0.3, -0.25) is 4.79 Å². The molecular weight excluding hydrogens is 533 g/mol. The van der Waals surface area contributed by atoms with E-state index in [0.29, 0.717) is 19.0 Å². The highest BCUT2D eigenvalue weighted by atomic mass is 19.2. The van der Waals surface area contributed by atoms with E-state index in [1.54, 1.807) is 26.1 Å². The lowest BCUT2D eigenvalue weighted by molar-refractivity contribution is -0.127. The molecule has 0 bridgehead atoms. The van der Waals surface area contributed by atoms with Crippen LogP contribution in [-0.2, 0) is 4.79 Å². The van der Waals surface area contributed by atoms with Gasteiger partial charge in [0.1, 0.15) is 5.75 Å². The molecule has 0 saturated carbocycles. The predicted molar refractivity (Wildman–Crippen MR) is 152 cm³/mol. The molecule has 0 spiro atoms. The third-order valence-electron chi connectivity index (χ3n) is 8.19. The minimum absolute atomic E-state index is 0.0552. The molecule has 2 aromatic carbocycles. The summed E-state index contributed by atoms with van der Waals surface area (Å²) in [6.07, 6.45) is 6.07. The molecule has 7 nitrogen and oxygen atoms in total. The molecule has 2 heterocycles. The maximum atomic E-state index is 13.5. The van der Waals surface area contributed by atoms with Gasteiger partial charge in [-0.05, 0) is 92.1 Å². The SMILES string of the molecule is COc1ccc(C2CCN(CC(NC(=O)N(C)C)C3CCN(C(=O)C=Cc4cc(F)c(F)c(F)c4)CC3)CC2)cc1. The summed E-state index contributed by atoms with van der Waals surface area (Å²) in [5, 5.41) is 3.21. The molecular formula is C31H39F3N4O3. The van der Waals surface area contributed by atoms with Crippen LogP contribution in [0.4, 0.5) is 18.0 Å². The van der Waals surface area contributed by atoms with Crippen molar-refractivity contribution in [2.75, 3.05) is 53.9 Å². The van der Waals surface area contributed by atoms with E-state index in [0.717, 1.165) is 63.2 Å². The molecule has 222 valence electrons. The van der Waals surface area contributed by atoms with E-state index >= 15 is 0 Å². The van der Waals surface area contributed by atoms with Crippen LogP contribution in [0, 0.1) is 23.4 Å². The molecule has 2 fully saturated rings. The van der Waals surface area contributed by atoms with Gasteiger partial charge in [-0.1, -0.05) is 12.1 Å². The summed E-state index contributed by atoms with van der Waals surface area (Å²) in [6, 6.07) is 9.80. The molecule has 0 aliphatic carbocycles. The van der Waals surface area contributed by atoms with Crippen molar-refractivity contribution in [1.82, 2.24) is 20.0 Å². The Morgan fingerprint density at radius 2 is 1.61 bits per heavy atom. The fraction of sp³-hybridized carbons (Fsp3) is 0.484. The summed E-state index contributed by atoms with van der Waals surface area (Å²) in [6.45, 7) is 3.65. The highest BCUT2D eigenvalue weighted by Crippen LogP contribution is 2.30. The lowest BCUT2D eigenvalue weighted by atomic mass is 9.86. The number of amides is 3. The number of nitrogens with zero attached hydrogens (tertiary/aromatic N) is 3. The Labute approximate surface area is 239 Å². The zero-order valence-corrected chi connectivity index (χ0v) is 23.9. The van der Waals surface area contributed by atoms with Crippen LogP contribution < -0.4 is 10.1 Å². The van der Waals surface area contributed by atoms with Crippen LogP contribution in [0.5, 0.6) is 5.75 Å². The van der Waals surface area contributed by atoms with Crippen molar-refractivity contribution in [1.29, 1.82) is 0 Å². The average Bonchev–Trinajstić information content (AvgIpc) is 2.98. The van der Waals surface area contributed by atoms with Gasteiger partial charge in [0.05, 0.1) is 7.11 Å². The molecule has 3 amide bonds. The number of hydrogen-bond donors (Lipinski definition) is 1. The molecule has 41 heavy (non-hydrogen) atoms. The molecule has 0 radical (unpaired) electrons. The number of halogens is 3. The van der Waals surface area contributed by atoms with Crippen LogP contribution in [0.3, 0.4) is 0 Å². The number of carbonyl (C=O) groups is 2. The predicted octanol–water partition coefficient (Wildman–Crippen LogP) is 4.88. The van der Waals surface area contributed by atoms with E-state index in [-0.39, 0.29) is 29.5 Å². The fourth-order valence-corrected chi connectivity index (χ4v) is 5.67. The Hall–Kier alpha value is -3.53. The lowest BCUT2D eigenvalue weighted by Gasteiger charge is -2.40. The molecule has 2 aliphatic rings. The Morgan fingerprint density at radius 1 is 1.00 bits per heavy atom. The number of carbonyl (C=O) groups excluding carboxylic acids is 2. The zero-order chi connectivity index (χ0) is 29.5. The van der Waals surface area contributed by atoms with Crippen molar-refractivity contribution in [2.24, 2.45) is 5.92 Å². The average molecular weight is 573 g/mol. The summed E-state index contributed by atoms with van der Waals surface area (Å²) < 4.78 is 45.4. The molecule has 1 atom stereocenters. The van der Waals surface area contributed by atoms with Crippen molar-refractivity contribution in [3.63, 3.8) is 0 Å². The van der Waals surface area contributed by atoms with Gasteiger partial charge in [-0.15, -0.1) is 0 Å². The van der Waals surface area contributed by atoms with Gasteiger partial charge < -0.3 is 24.8 Å². The third-order valence-corrected chi connectivity index (χ3v) is 8.19. The summed E-state index contributed by atoms with van der Waals surface area (Å²) in [7, 11) is 5.11. The number of benzene rings is 2. The first kappa shape index (κ1) is 30.4. The first-order valence-corrected chi connectivity index (χ1v) is 14.1. The maximum absolute atomic E-state index is 13.5. The smallest absolute Gasteiger partial charge is 0.317 e. The number of urea groups is 1. The van der Waals surface area contributed by atoms with Gasteiger partial charge in [0.25, 0.3) is 0 Å². The minimum Gasteiger partial charge on any atom is -0.497 e. The molecule has 4 rings (SSSR count). The third kappa shape index (κ3) is 8.03. The normalized spacial score (nSPS) is 18.0. The minimum atomic E-state index is -1.53. The molecule has 0 aromatic heterocycles. The van der Waals surface area contributed by atoms with Crippen molar-refractivity contribution in [2.45, 2.75) is 37.6 Å². The monoisotopic (exact) mass is 572 g/mol. The van der Waals surface area contributed by atoms with E-state index in [9.17, 15) is 22.8 Å². The van der Waals surface area contributed by atoms with Gasteiger partial charge in [-0.25, -0.2) is 18.0 Å². The summed E-state index contributed by atoms with van der Waals surface area (Å²) in [5.74, 6) is -2.85. The van der Waals surface area contributed by atoms with Crippen molar-refractivity contribution >= 4 is 18.0 Å². The largest absolute Gasteiger partial charge is 0.497 e. The molecule has 10 heteroatoms. The summed E-state index contributed by atoms with van der Waals surface area (Å²) in [5.41, 5.74) is 1.40. The van der Waals surface area contributed by atoms with Crippen molar-refractivity contribution in [3.05, 3.63) is 71.1 Å². The quantitative estimate of drug-likeness (QED) is 0.362. The number of rotatable bonds is 8. The van der Waals surface area contributed by atoms with Crippen LogP contribution in [0.25, 0.3) is 6.08 Å². The van der Waals surface area contributed by atoms with Gasteiger partial charge in [0.15, 0.2) is 17.5 Å². The van der Waals surface area contributed by atoms with Gasteiger partial charge >= 0.3 is 6.03 Å². The Bertz CT molecular complexity index is 1200. The lowest BCUT2D eigenvalue weighted by Crippen LogP contribution is -2.54. The number of ether oxygens (including phenoxy) is 1. The Morgan fingerprint density at radius 3 is 2.17 bits per heavy atom. The van der Waals surface area contributed by atoms with Crippen LogP contribution in [0.2, 0.25) is 0 Å². The number of nitrogens with one attached hydrogen (secondary N) is 1. The topological polar surface area (TPSA) is 65.1 Å². The highest BCUT2D eigenvalue weighted by Gasteiger charge is 2.32. The van der Waals surface area contributed by atoms with E-state index in [1.165, 1.54) is 22.6 Å². The van der Waals surface area contributed by atoms with Crippen LogP contribution in [-0.4, -0.2) is 86.6 Å². The molecule has 1 unspecified atom stereocenters. The number of hydrogen-bond acceptors (Lipinski definition) is 4. The second kappa shape index (κ2) is 13.9. The summed E-state index contributed by atoms with van der Waals surface area (Å²) in [4.78, 5) is 31.0. The van der Waals surface area contributed by atoms with Crippen LogP contribution >= 0.6 is 0 Å². The highest BCUT2D eigenvalue weighted by molar-refractivity contribution is 5.91. The zero-order valence-electron chi connectivity index (χ0n) is 23.9. The molecule has 2 aromatic rings. The molecule has 1 N–H and O–H groups in total. The van der Waals surface area contributed by atoms with Crippen molar-refractivity contribution in [3.8, 4) is 5.75 Å². The van der Waals surface area contributed by atoms with Crippen LogP contribution in [0.1, 0.15) is 42.7 Å². The first-order valence-electron chi connectivity index (χ1n) is 14.1. The van der Waals surface area contributed by atoms with Crippen LogP contribution in [0.15, 0.2) is 42.5 Å².